The third-order valence-electron chi connectivity index (χ3n) is 4.49. The Morgan fingerprint density at radius 2 is 1.89 bits per heavy atom. The zero-order valence-electron chi connectivity index (χ0n) is 16.8. The molecule has 0 aliphatic carbocycles. The molecule has 0 saturated heterocycles. The lowest BCUT2D eigenvalue weighted by Gasteiger charge is -2.10. The number of ether oxygens (including phenoxy) is 1. The number of hydrogen-bond donors (Lipinski definition) is 1. The lowest BCUT2D eigenvalue weighted by Crippen LogP contribution is -2.26. The number of hydrogen-bond acceptors (Lipinski definition) is 4. The van der Waals surface area contributed by atoms with Gasteiger partial charge in [0.25, 0.3) is 5.91 Å². The van der Waals surface area contributed by atoms with E-state index in [0.717, 1.165) is 34.4 Å². The Labute approximate surface area is 165 Å². The van der Waals surface area contributed by atoms with Crippen LogP contribution in [0.5, 0.6) is 0 Å². The second-order valence-electron chi connectivity index (χ2n) is 6.93. The van der Waals surface area contributed by atoms with E-state index in [2.05, 4.69) is 33.6 Å². The van der Waals surface area contributed by atoms with Crippen molar-refractivity contribution in [1.29, 1.82) is 0 Å². The minimum atomic E-state index is -0.283. The molecule has 0 fully saturated rings. The fraction of sp³-hybridized carbons (Fsp3) is 0.318. The topological polar surface area (TPSA) is 69.0 Å². The maximum Gasteiger partial charge on any atom is 0.290 e. The molecule has 6 nitrogen and oxygen atoms in total. The number of methoxy groups -OCH3 is 1. The molecular weight excluding hydrogens is 352 g/mol. The van der Waals surface area contributed by atoms with E-state index in [9.17, 15) is 4.79 Å². The van der Waals surface area contributed by atoms with Crippen LogP contribution in [-0.2, 0) is 4.74 Å². The minimum absolute atomic E-state index is 0.162. The highest BCUT2D eigenvalue weighted by Gasteiger charge is 2.19. The number of nitrogens with one attached hydrogen (secondary N) is 1. The summed E-state index contributed by atoms with van der Waals surface area (Å²) in [5.74, 6) is 0.531. The van der Waals surface area contributed by atoms with Crippen LogP contribution < -0.4 is 5.32 Å². The largest absolute Gasteiger partial charge is 0.385 e. The van der Waals surface area contributed by atoms with Gasteiger partial charge in [-0.05, 0) is 50.5 Å². The standard InChI is InChI=1S/C22H26N4O2/c1-15-7-5-8-18(13-15)21-24-20(22(27)23-11-6-12-28-4)25-26(21)19-14-16(2)9-10-17(19)3/h5,7-10,13-14H,6,11-12H2,1-4H3,(H,23,27). The van der Waals surface area contributed by atoms with Gasteiger partial charge >= 0.3 is 0 Å². The molecule has 146 valence electrons. The molecule has 1 amide bonds. The second-order valence-corrected chi connectivity index (χ2v) is 6.93. The van der Waals surface area contributed by atoms with E-state index in [-0.39, 0.29) is 11.7 Å². The minimum Gasteiger partial charge on any atom is -0.385 e. The van der Waals surface area contributed by atoms with E-state index >= 15 is 0 Å². The molecule has 0 saturated carbocycles. The van der Waals surface area contributed by atoms with E-state index in [0.29, 0.717) is 19.0 Å². The summed E-state index contributed by atoms with van der Waals surface area (Å²) < 4.78 is 6.78. The van der Waals surface area contributed by atoms with Gasteiger partial charge in [-0.15, -0.1) is 5.10 Å². The number of rotatable bonds is 7. The fourth-order valence-electron chi connectivity index (χ4n) is 2.99. The van der Waals surface area contributed by atoms with Gasteiger partial charge in [0.2, 0.25) is 5.82 Å². The molecular formula is C22H26N4O2. The SMILES string of the molecule is COCCCNC(=O)c1nc(-c2cccc(C)c2)n(-c2cc(C)ccc2C)n1. The van der Waals surface area contributed by atoms with Crippen molar-refractivity contribution >= 4 is 5.91 Å². The van der Waals surface area contributed by atoms with Crippen molar-refractivity contribution in [3.05, 3.63) is 65.0 Å². The van der Waals surface area contributed by atoms with E-state index in [1.807, 2.05) is 45.0 Å². The van der Waals surface area contributed by atoms with Crippen LogP contribution in [0.1, 0.15) is 33.7 Å². The molecule has 3 aromatic rings. The van der Waals surface area contributed by atoms with E-state index < -0.39 is 0 Å². The second kappa shape index (κ2) is 8.80. The average molecular weight is 378 g/mol. The Morgan fingerprint density at radius 3 is 2.64 bits per heavy atom. The molecule has 28 heavy (non-hydrogen) atoms. The first-order chi connectivity index (χ1) is 13.5. The Bertz CT molecular complexity index is 978. The van der Waals surface area contributed by atoms with Crippen LogP contribution in [-0.4, -0.2) is 40.9 Å². The molecule has 0 aliphatic heterocycles. The van der Waals surface area contributed by atoms with E-state index in [1.54, 1.807) is 11.8 Å². The smallest absolute Gasteiger partial charge is 0.290 e. The first kappa shape index (κ1) is 19.8. The van der Waals surface area contributed by atoms with Crippen LogP contribution in [0.4, 0.5) is 0 Å². The summed E-state index contributed by atoms with van der Waals surface area (Å²) in [5.41, 5.74) is 5.15. The Kier molecular flexibility index (Phi) is 6.21. The predicted molar refractivity (Wildman–Crippen MR) is 110 cm³/mol. The van der Waals surface area contributed by atoms with E-state index in [4.69, 9.17) is 4.74 Å². The molecule has 1 heterocycles. The monoisotopic (exact) mass is 378 g/mol. The quantitative estimate of drug-likeness (QED) is 0.638. The molecule has 6 heteroatoms. The summed E-state index contributed by atoms with van der Waals surface area (Å²) in [6, 6.07) is 14.2. The van der Waals surface area contributed by atoms with Gasteiger partial charge in [0.1, 0.15) is 0 Å². The number of aromatic nitrogens is 3. The average Bonchev–Trinajstić information content (AvgIpc) is 3.12. The van der Waals surface area contributed by atoms with Gasteiger partial charge in [-0.1, -0.05) is 35.9 Å². The third kappa shape index (κ3) is 4.46. The van der Waals surface area contributed by atoms with Gasteiger partial charge in [0.05, 0.1) is 5.69 Å². The van der Waals surface area contributed by atoms with Crippen LogP contribution in [0.3, 0.4) is 0 Å². The number of carbonyl (C=O) groups excluding carboxylic acids is 1. The molecule has 0 unspecified atom stereocenters. The fourth-order valence-corrected chi connectivity index (χ4v) is 2.99. The molecule has 0 radical (unpaired) electrons. The highest BCUT2D eigenvalue weighted by atomic mass is 16.5. The van der Waals surface area contributed by atoms with Crippen molar-refractivity contribution in [2.75, 3.05) is 20.3 Å². The van der Waals surface area contributed by atoms with Gasteiger partial charge in [-0.2, -0.15) is 0 Å². The summed E-state index contributed by atoms with van der Waals surface area (Å²) in [4.78, 5) is 17.1. The predicted octanol–water partition coefficient (Wildman–Crippen LogP) is 3.63. The van der Waals surface area contributed by atoms with Gasteiger partial charge < -0.3 is 10.1 Å². The van der Waals surface area contributed by atoms with Crippen molar-refractivity contribution < 1.29 is 9.53 Å². The van der Waals surface area contributed by atoms with E-state index in [1.165, 1.54) is 0 Å². The Balaban J connectivity index is 2.03. The summed E-state index contributed by atoms with van der Waals surface area (Å²) >= 11 is 0. The number of nitrogens with zero attached hydrogens (tertiary/aromatic N) is 3. The van der Waals surface area contributed by atoms with Gasteiger partial charge in [0, 0.05) is 25.8 Å². The van der Waals surface area contributed by atoms with Gasteiger partial charge in [-0.25, -0.2) is 9.67 Å². The highest BCUT2D eigenvalue weighted by Crippen LogP contribution is 2.24. The summed E-state index contributed by atoms with van der Waals surface area (Å²) in [6.07, 6.45) is 0.741. The summed E-state index contributed by atoms with van der Waals surface area (Å²) in [5, 5.41) is 7.41. The van der Waals surface area contributed by atoms with Crippen LogP contribution in [0.2, 0.25) is 0 Å². The molecule has 3 rings (SSSR count). The van der Waals surface area contributed by atoms with Crippen LogP contribution in [0.25, 0.3) is 17.1 Å². The third-order valence-corrected chi connectivity index (χ3v) is 4.49. The Hall–Kier alpha value is -2.99. The van der Waals surface area contributed by atoms with Crippen LogP contribution in [0.15, 0.2) is 42.5 Å². The maximum atomic E-state index is 12.6. The molecule has 0 atom stereocenters. The molecule has 1 N–H and O–H groups in total. The molecule has 0 aliphatic rings. The van der Waals surface area contributed by atoms with Crippen molar-refractivity contribution in [1.82, 2.24) is 20.1 Å². The van der Waals surface area contributed by atoms with Gasteiger partial charge in [-0.3, -0.25) is 4.79 Å². The molecule has 1 aromatic heterocycles. The Morgan fingerprint density at radius 1 is 1.11 bits per heavy atom. The summed E-state index contributed by atoms with van der Waals surface area (Å²) in [7, 11) is 1.64. The van der Waals surface area contributed by atoms with Crippen LogP contribution >= 0.6 is 0 Å². The van der Waals surface area contributed by atoms with Crippen molar-refractivity contribution in [2.24, 2.45) is 0 Å². The number of aryl methyl sites for hydroxylation is 3. The zero-order chi connectivity index (χ0) is 20.1. The van der Waals surface area contributed by atoms with Gasteiger partial charge in [0.15, 0.2) is 5.82 Å². The van der Waals surface area contributed by atoms with Crippen LogP contribution in [0, 0.1) is 20.8 Å². The lowest BCUT2D eigenvalue weighted by atomic mass is 10.1. The summed E-state index contributed by atoms with van der Waals surface area (Å²) in [6.45, 7) is 7.21. The number of carbonyl (C=O) groups is 1. The van der Waals surface area contributed by atoms with Crippen molar-refractivity contribution in [2.45, 2.75) is 27.2 Å². The molecule has 0 spiro atoms. The normalized spacial score (nSPS) is 10.9. The molecule has 0 bridgehead atoms. The lowest BCUT2D eigenvalue weighted by molar-refractivity contribution is 0.0938. The zero-order valence-corrected chi connectivity index (χ0v) is 16.8. The number of amides is 1. The first-order valence-corrected chi connectivity index (χ1v) is 9.38. The molecule has 2 aromatic carbocycles. The highest BCUT2D eigenvalue weighted by molar-refractivity contribution is 5.91. The van der Waals surface area contributed by atoms with Crippen molar-refractivity contribution in [3.63, 3.8) is 0 Å². The van der Waals surface area contributed by atoms with Crippen molar-refractivity contribution in [3.8, 4) is 17.1 Å². The number of benzene rings is 2. The maximum absolute atomic E-state index is 12.6. The first-order valence-electron chi connectivity index (χ1n) is 9.38.